The number of hydrogen-bond acceptors (Lipinski definition) is 12. The number of carbonyl (C=O) groups is 5. The maximum Gasteiger partial charge on any atom is 0.409 e. The fourth-order valence-electron chi connectivity index (χ4n) is 6.85. The molecule has 3 aliphatic rings. The predicted molar refractivity (Wildman–Crippen MR) is 221 cm³/mol. The van der Waals surface area contributed by atoms with E-state index in [0.717, 1.165) is 11.1 Å². The van der Waals surface area contributed by atoms with E-state index in [1.807, 2.05) is 32.9 Å². The largest absolute Gasteiger partial charge is 0.495 e. The number of esters is 1. The van der Waals surface area contributed by atoms with Crippen molar-refractivity contribution in [3.8, 4) is 0 Å². The number of halogens is 1. The van der Waals surface area contributed by atoms with Crippen LogP contribution in [0.1, 0.15) is 73.6 Å². The minimum absolute atomic E-state index is 0.0743. The highest BCUT2D eigenvalue weighted by molar-refractivity contribution is 8.01. The molecule has 0 saturated carbocycles. The van der Waals surface area contributed by atoms with Gasteiger partial charge in [-0.05, 0) is 45.3 Å². The Bertz CT molecular complexity index is 1700. The molecule has 2 saturated heterocycles. The summed E-state index contributed by atoms with van der Waals surface area (Å²) in [6.07, 6.45) is 4.89. The third kappa shape index (κ3) is 13.1. The molecule has 0 radical (unpaired) electrons. The van der Waals surface area contributed by atoms with Crippen molar-refractivity contribution in [2.24, 2.45) is 11.7 Å². The molecule has 3 heterocycles. The van der Waals surface area contributed by atoms with Gasteiger partial charge in [0, 0.05) is 51.3 Å². The van der Waals surface area contributed by atoms with E-state index < -0.39 is 70.4 Å². The maximum atomic E-state index is 13.9. The Hall–Kier alpha value is -3.83. The van der Waals surface area contributed by atoms with Crippen molar-refractivity contribution in [1.82, 2.24) is 15.1 Å². The molecule has 3 aliphatic heterocycles. The van der Waals surface area contributed by atoms with E-state index in [4.69, 9.17) is 41.0 Å². The number of amides is 4. The molecular weight excluding hydrogens is 792 g/mol. The molecule has 1 unspecified atom stereocenters. The second-order valence-electron chi connectivity index (χ2n) is 16.0. The van der Waals surface area contributed by atoms with Crippen LogP contribution in [0.4, 0.5) is 4.79 Å². The van der Waals surface area contributed by atoms with E-state index in [9.17, 15) is 29.1 Å². The topological polar surface area (TPSA) is 200 Å². The number of hydrogen-bond donors (Lipinski definition) is 3. The Kier molecular flexibility index (Phi) is 17.1. The standard InChI is InChI=1S/C41H61ClN4O11S/c1-24-13-12-14-31(54-11)41(52)22-30(55-38(51)44-41)25(2)36-40(7,57-36)32(21-35(49)45(8)18-16-28(19-24)20-29(53-10)26(3)42)56-37(50)27(4)46(9)34(48)15-17-39(5,6)58-23-33(43)47/h12-14,16,20,25,27,30-32,36,52H,3,15,17-19,21-23H2,1-2,4-11H3,(H2,43,47)(H,44,51)/b14-12+,24-13+,28-16-,29-20+/t25-,27+,30?,31-,32+,36+,40+,41+/m1/s1. The van der Waals surface area contributed by atoms with Crippen LogP contribution < -0.4 is 11.1 Å². The first-order chi connectivity index (χ1) is 27.0. The van der Waals surface area contributed by atoms with Gasteiger partial charge in [0.15, 0.2) is 5.72 Å². The average Bonchev–Trinajstić information content (AvgIpc) is 3.85. The molecule has 2 fully saturated rings. The summed E-state index contributed by atoms with van der Waals surface area (Å²) >= 11 is 7.53. The molecule has 17 heteroatoms. The molecule has 2 bridgehead atoms. The number of ether oxygens (including phenoxy) is 5. The number of epoxide rings is 1. The third-order valence-corrected chi connectivity index (χ3v) is 12.5. The Morgan fingerprint density at radius 3 is 2.57 bits per heavy atom. The zero-order valence-corrected chi connectivity index (χ0v) is 36.9. The van der Waals surface area contributed by atoms with Gasteiger partial charge in [-0.1, -0.05) is 68.8 Å². The Morgan fingerprint density at radius 2 is 1.97 bits per heavy atom. The van der Waals surface area contributed by atoms with Crippen molar-refractivity contribution < 1.29 is 52.8 Å². The van der Waals surface area contributed by atoms with E-state index >= 15 is 0 Å². The van der Waals surface area contributed by atoms with Gasteiger partial charge in [0.1, 0.15) is 35.7 Å². The fraction of sp³-hybridized carbons (Fsp3) is 0.634. The van der Waals surface area contributed by atoms with Gasteiger partial charge >= 0.3 is 12.1 Å². The van der Waals surface area contributed by atoms with Crippen LogP contribution >= 0.6 is 23.4 Å². The summed E-state index contributed by atoms with van der Waals surface area (Å²) in [4.78, 5) is 68.0. The molecule has 58 heavy (non-hydrogen) atoms. The lowest BCUT2D eigenvalue weighted by atomic mass is 9.83. The number of likely N-dealkylation sites (N-methyl/N-ethyl adjacent to an activating group) is 2. The maximum absolute atomic E-state index is 13.9. The quantitative estimate of drug-likeness (QED) is 0.102. The van der Waals surface area contributed by atoms with Gasteiger partial charge in [0.05, 0.1) is 30.4 Å². The minimum atomic E-state index is -1.86. The lowest BCUT2D eigenvalue weighted by Gasteiger charge is -2.42. The van der Waals surface area contributed by atoms with Crippen molar-refractivity contribution >= 4 is 53.1 Å². The van der Waals surface area contributed by atoms with Crippen LogP contribution in [0.3, 0.4) is 0 Å². The second kappa shape index (κ2) is 20.4. The Balaban J connectivity index is 1.99. The Morgan fingerprint density at radius 1 is 1.29 bits per heavy atom. The smallest absolute Gasteiger partial charge is 0.409 e. The Labute approximate surface area is 351 Å². The molecule has 4 amide bonds. The van der Waals surface area contributed by atoms with Gasteiger partial charge in [-0.25, -0.2) is 9.59 Å². The summed E-state index contributed by atoms with van der Waals surface area (Å²) in [6, 6.07) is -1.03. The highest BCUT2D eigenvalue weighted by Gasteiger charge is 2.64. The van der Waals surface area contributed by atoms with Crippen molar-refractivity contribution in [2.75, 3.05) is 40.6 Å². The monoisotopic (exact) mass is 852 g/mol. The zero-order chi connectivity index (χ0) is 43.7. The van der Waals surface area contributed by atoms with Crippen molar-refractivity contribution in [1.29, 1.82) is 0 Å². The minimum Gasteiger partial charge on any atom is -0.495 e. The van der Waals surface area contributed by atoms with Crippen LogP contribution in [-0.4, -0.2) is 132 Å². The summed E-state index contributed by atoms with van der Waals surface area (Å²) in [5.41, 5.74) is 3.88. The molecule has 8 atom stereocenters. The summed E-state index contributed by atoms with van der Waals surface area (Å²) in [5.74, 6) is -1.96. The first-order valence-corrected chi connectivity index (χ1v) is 20.5. The number of aliphatic hydroxyl groups is 1. The zero-order valence-electron chi connectivity index (χ0n) is 35.3. The number of nitrogens with one attached hydrogen (secondary N) is 1. The van der Waals surface area contributed by atoms with Crippen LogP contribution in [0, 0.1) is 5.92 Å². The number of thioether (sulfide) groups is 1. The molecular formula is C41H61ClN4O11S. The molecule has 0 aromatic carbocycles. The molecule has 0 aromatic heterocycles. The van der Waals surface area contributed by atoms with E-state index in [1.54, 1.807) is 39.1 Å². The number of carbonyl (C=O) groups excluding carboxylic acids is 5. The van der Waals surface area contributed by atoms with Crippen LogP contribution in [0.2, 0.25) is 0 Å². The lowest BCUT2D eigenvalue weighted by molar-refractivity contribution is -0.162. The average molecular weight is 853 g/mol. The summed E-state index contributed by atoms with van der Waals surface area (Å²) in [7, 11) is 6.02. The third-order valence-electron chi connectivity index (χ3n) is 10.9. The van der Waals surface area contributed by atoms with E-state index in [1.165, 1.54) is 49.8 Å². The molecule has 15 nitrogen and oxygen atoms in total. The van der Waals surface area contributed by atoms with Crippen molar-refractivity contribution in [3.63, 3.8) is 0 Å². The number of primary amides is 1. The van der Waals surface area contributed by atoms with Crippen LogP contribution in [0.15, 0.2) is 58.9 Å². The van der Waals surface area contributed by atoms with Crippen molar-refractivity contribution in [2.45, 2.75) is 120 Å². The van der Waals surface area contributed by atoms with E-state index in [-0.39, 0.29) is 48.4 Å². The number of methoxy groups -OCH3 is 2. The second-order valence-corrected chi connectivity index (χ2v) is 18.1. The number of nitrogens with zero attached hydrogens (tertiary/aromatic N) is 2. The summed E-state index contributed by atoms with van der Waals surface area (Å²) in [6.45, 7) is 14.7. The SMILES string of the molecule is C=C(Cl)/C(=C\C1=C/CN(C)C(=O)C[C@H](OC(=O)[C@H](C)N(C)C(=O)CCC(C)(C)SCC(N)=O)[C@]2(C)O[C@H]2[C@H](C)C2C[C@@](O)(NC(=O)O2)[C@H](OC)/C=C/C=C(\C)C1)OC. The van der Waals surface area contributed by atoms with Crippen LogP contribution in [-0.2, 0) is 42.9 Å². The van der Waals surface area contributed by atoms with Crippen molar-refractivity contribution in [3.05, 3.63) is 58.9 Å². The first-order valence-electron chi connectivity index (χ1n) is 19.1. The number of nitrogens with two attached hydrogens (primary N) is 1. The van der Waals surface area contributed by atoms with Crippen LogP contribution in [0.5, 0.6) is 0 Å². The molecule has 324 valence electrons. The van der Waals surface area contributed by atoms with E-state index in [0.29, 0.717) is 18.6 Å². The number of allylic oxidation sites excluding steroid dienone is 6. The van der Waals surface area contributed by atoms with Gasteiger partial charge in [-0.15, -0.1) is 11.8 Å². The highest BCUT2D eigenvalue weighted by atomic mass is 35.5. The van der Waals surface area contributed by atoms with Gasteiger partial charge in [-0.3, -0.25) is 19.7 Å². The van der Waals surface area contributed by atoms with Crippen LogP contribution in [0.25, 0.3) is 0 Å². The van der Waals surface area contributed by atoms with Gasteiger partial charge in [0.2, 0.25) is 17.7 Å². The molecule has 0 spiro atoms. The number of fused-ring (bicyclic) bond motifs is 3. The number of rotatable bonds is 13. The summed E-state index contributed by atoms with van der Waals surface area (Å²) < 4.78 is 28.7. The summed E-state index contributed by atoms with van der Waals surface area (Å²) in [5, 5.41) is 14.5. The molecule has 0 aliphatic carbocycles. The predicted octanol–water partition coefficient (Wildman–Crippen LogP) is 4.48. The molecule has 0 aromatic rings. The van der Waals surface area contributed by atoms with Gasteiger partial charge in [-0.2, -0.15) is 0 Å². The first kappa shape index (κ1) is 48.5. The number of alkyl carbamates (subject to hydrolysis) is 1. The lowest BCUT2D eigenvalue weighted by Crippen LogP contribution is -2.63. The molecule has 4 N–H and O–H groups in total. The van der Waals surface area contributed by atoms with E-state index in [2.05, 4.69) is 11.9 Å². The normalized spacial score (nSPS) is 31.5. The van der Waals surface area contributed by atoms with Gasteiger partial charge < -0.3 is 44.3 Å². The highest BCUT2D eigenvalue weighted by Crippen LogP contribution is 2.49. The van der Waals surface area contributed by atoms with Gasteiger partial charge in [0.25, 0.3) is 0 Å². The fourth-order valence-corrected chi connectivity index (χ4v) is 7.76. The molecule has 3 rings (SSSR count).